The summed E-state index contributed by atoms with van der Waals surface area (Å²) in [6, 6.07) is 60.8. The summed E-state index contributed by atoms with van der Waals surface area (Å²) < 4.78 is 51.1. The Morgan fingerprint density at radius 1 is 0.377 bits per heavy atom. The van der Waals surface area contributed by atoms with Gasteiger partial charge in [0.1, 0.15) is 72.2 Å². The Kier molecular flexibility index (Phi) is 34.5. The van der Waals surface area contributed by atoms with Gasteiger partial charge in [0.15, 0.2) is 6.61 Å². The number of H-pyrrole nitrogens is 4. The quantitative estimate of drug-likeness (QED) is 0.0226. The Morgan fingerprint density at radius 3 is 1.03 bits per heavy atom. The summed E-state index contributed by atoms with van der Waals surface area (Å²) in [5, 5.41) is 18.3. The molecule has 8 atom stereocenters. The first-order chi connectivity index (χ1) is 70.9. The van der Waals surface area contributed by atoms with Crippen LogP contribution in [0, 0.1) is 30.1 Å². The molecule has 8 aliphatic heterocycles. The van der Waals surface area contributed by atoms with Crippen molar-refractivity contribution < 1.29 is 66.9 Å². The van der Waals surface area contributed by atoms with Gasteiger partial charge in [-0.2, -0.15) is 0 Å². The Hall–Kier alpha value is -11.9. The first-order valence-corrected chi connectivity index (χ1v) is 52.5. The first kappa shape index (κ1) is 104. The highest BCUT2D eigenvalue weighted by Gasteiger charge is 2.42. The number of β-amino-alcohol motifs (C(OH)–C–C–N with tert-alkyl or cyclic N) is 1. The molecule has 21 rings (SSSR count). The standard InChI is InChI=1S/C32H34Cl2N4O4.C28H34ClN3O4.C28H30ClN3O3.C26H30ClN3O3/c1-36-14-16-37(17-15-36)19-24(39)20-41-25-7-2-21(3-8-25)31-30-27(28-18-23(34)6-11-29(28)35-30)12-13-38(31)32(40)42-26-9-4-22(33)5-10-26;1-31-12-3-4-19(17-31)18-36-22-8-5-20(6-9-22)27-26-23(24-16-21(29)7-10-25(24)30-26)11-13-32(27)28(33)35-15-14-34-2;1-3-15-34-28(33)32-14-12-23-24-16-21(29)8-11-25(24)30-26(23)27(32)20-6-9-22(10-7-20)35-18-19-5-4-13-31(2)17-19;1-29-12-3-4-17(15-29)16-33-20-8-5-18(6-9-20)25-24-21(11-13-30(25)26(31)32-2)22-14-19(27)7-10-23(22)28-24/h2-11,18,24,31,35,39H,12-17,19-20H2,1H3;5-10,16,19,27,30H,3-4,11-15,17-18H2,1-2H3;1,6-11,16,19,27,30H,4-5,12-15,17-18H2,2H3;5-10,14,17,25,28H,3-4,11-13,15-16H2,1-2H3. The predicted octanol–water partition coefficient (Wildman–Crippen LogP) is 21.4. The molecule has 8 aliphatic rings. The molecule has 0 spiro atoms. The molecule has 0 aliphatic carbocycles. The topological polar surface area (TPSA) is 264 Å². The summed E-state index contributed by atoms with van der Waals surface area (Å²) in [7, 11) is 11.6. The van der Waals surface area contributed by atoms with Crippen LogP contribution in [0.2, 0.25) is 25.1 Å². The van der Waals surface area contributed by atoms with Crippen LogP contribution in [0.15, 0.2) is 194 Å². The van der Waals surface area contributed by atoms with E-state index in [1.165, 1.54) is 75.4 Å². The number of terminal acetylenes is 1. The van der Waals surface area contributed by atoms with E-state index in [2.05, 4.69) is 103 Å². The van der Waals surface area contributed by atoms with E-state index in [1.807, 2.05) is 146 Å². The lowest BCUT2D eigenvalue weighted by molar-refractivity contribution is 0.0504. The van der Waals surface area contributed by atoms with Crippen molar-refractivity contribution in [3.05, 3.63) is 287 Å². The van der Waals surface area contributed by atoms with Gasteiger partial charge < -0.3 is 87.3 Å². The van der Waals surface area contributed by atoms with Crippen LogP contribution in [-0.2, 0) is 44.6 Å². The number of hydrogen-bond acceptors (Lipinski definition) is 19. The van der Waals surface area contributed by atoms with Crippen molar-refractivity contribution in [1.29, 1.82) is 0 Å². The maximum absolute atomic E-state index is 13.5. The Bertz CT molecular complexity index is 6710. The molecular weight excluding hydrogens is 1950 g/mol. The number of aliphatic hydroxyl groups is 1. The highest BCUT2D eigenvalue weighted by Crippen LogP contribution is 2.47. The van der Waals surface area contributed by atoms with Crippen LogP contribution < -0.4 is 23.7 Å². The molecule has 12 heterocycles. The van der Waals surface area contributed by atoms with Crippen LogP contribution >= 0.6 is 58.0 Å². The van der Waals surface area contributed by atoms with E-state index in [1.54, 1.807) is 51.0 Å². The van der Waals surface area contributed by atoms with Gasteiger partial charge in [-0.3, -0.25) is 24.5 Å². The van der Waals surface area contributed by atoms with Gasteiger partial charge in [0.05, 0.1) is 33.5 Å². The number of piperidine rings is 3. The number of rotatable bonds is 23. The SMILES string of the molecule is C#CCOC(=O)N1CCc2c([nH]c3ccc(Cl)cc23)C1c1ccc(OCC2CCCN(C)C2)cc1.CN1CCN(CC(O)COc2ccc(C3c4[nH]c5ccc(Cl)cc5c4CCN3C(=O)Oc3ccc(Cl)cc3)cc2)CC1.COC(=O)N1CCc2c([nH]c3ccc(Cl)cc23)C1c1ccc(OCC2CCCN(C)C2)cc1.COCCOC(=O)N1CCc2c([nH]c3ccc(Cl)cc23)C1c1ccc(OCC2CCCN(C)C2)cc1. The minimum absolute atomic E-state index is 0.0552. The molecule has 0 bridgehead atoms. The fourth-order valence-corrected chi connectivity index (χ4v) is 22.7. The molecule has 27 nitrogen and oxygen atoms in total. The van der Waals surface area contributed by atoms with Crippen LogP contribution in [-0.4, -0.2) is 286 Å². The van der Waals surface area contributed by atoms with E-state index >= 15 is 0 Å². The van der Waals surface area contributed by atoms with Crippen LogP contribution in [0.25, 0.3) is 43.6 Å². The van der Waals surface area contributed by atoms with Crippen molar-refractivity contribution >= 4 is 126 Å². The minimum atomic E-state index is -0.578. The van der Waals surface area contributed by atoms with Crippen molar-refractivity contribution in [2.24, 2.45) is 17.8 Å². The Labute approximate surface area is 877 Å². The Balaban J connectivity index is 0.000000128. The number of piperazine rings is 1. The summed E-state index contributed by atoms with van der Waals surface area (Å²) in [6.45, 7) is 16.3. The number of halogens is 5. The lowest BCUT2D eigenvalue weighted by atomic mass is 9.92. The maximum atomic E-state index is 13.5. The van der Waals surface area contributed by atoms with Crippen LogP contribution in [0.1, 0.15) is 130 Å². The second-order valence-corrected chi connectivity index (χ2v) is 41.6. The zero-order valence-corrected chi connectivity index (χ0v) is 87.2. The van der Waals surface area contributed by atoms with Gasteiger partial charge in [0, 0.05) is 195 Å². The number of carbonyl (C=O) groups is 4. The van der Waals surface area contributed by atoms with E-state index in [4.69, 9.17) is 107 Å². The van der Waals surface area contributed by atoms with Crippen molar-refractivity contribution in [3.8, 4) is 41.1 Å². The van der Waals surface area contributed by atoms with Crippen LogP contribution in [0.5, 0.6) is 28.7 Å². The van der Waals surface area contributed by atoms with Crippen LogP contribution in [0.3, 0.4) is 0 Å². The second kappa shape index (κ2) is 48.4. The van der Waals surface area contributed by atoms with Gasteiger partial charge in [-0.25, -0.2) is 19.2 Å². The predicted molar refractivity (Wildman–Crippen MR) is 574 cm³/mol. The lowest BCUT2D eigenvalue weighted by Crippen LogP contribution is -2.47. The second-order valence-electron chi connectivity index (χ2n) is 39.5. The number of methoxy groups -OCH3 is 2. The van der Waals surface area contributed by atoms with E-state index in [9.17, 15) is 24.3 Å². The van der Waals surface area contributed by atoms with E-state index in [0.29, 0.717) is 113 Å². The molecule has 0 radical (unpaired) electrons. The lowest BCUT2D eigenvalue weighted by Gasteiger charge is -2.35. The maximum Gasteiger partial charge on any atom is 0.416 e. The zero-order valence-electron chi connectivity index (χ0n) is 83.5. The van der Waals surface area contributed by atoms with Gasteiger partial charge >= 0.3 is 24.4 Å². The van der Waals surface area contributed by atoms with E-state index in [-0.39, 0.29) is 50.1 Å². The van der Waals surface area contributed by atoms with Gasteiger partial charge in [0.2, 0.25) is 0 Å². The minimum Gasteiger partial charge on any atom is -0.493 e. The number of ether oxygens (including phenoxy) is 9. The molecular formula is C114H128Cl5N13O14. The molecule has 0 saturated carbocycles. The van der Waals surface area contributed by atoms with Crippen molar-refractivity contribution in [2.75, 3.05) is 187 Å². The third-order valence-electron chi connectivity index (χ3n) is 29.2. The molecule has 4 amide bonds. The summed E-state index contributed by atoms with van der Waals surface area (Å²) in [5.74, 6) is 7.68. The third-order valence-corrected chi connectivity index (χ3v) is 30.4. The van der Waals surface area contributed by atoms with Gasteiger partial charge in [-0.05, 0) is 302 Å². The monoisotopic (exact) mass is 2080 g/mol. The molecule has 4 aromatic heterocycles. The largest absolute Gasteiger partial charge is 0.493 e. The number of aliphatic hydroxyl groups excluding tert-OH is 1. The van der Waals surface area contributed by atoms with E-state index in [0.717, 1.165) is 190 Å². The van der Waals surface area contributed by atoms with E-state index < -0.39 is 24.3 Å². The average Bonchev–Trinajstić information content (AvgIpc) is 1.61. The summed E-state index contributed by atoms with van der Waals surface area (Å²) >= 11 is 31.2. The molecule has 4 saturated heterocycles. The molecule has 13 aromatic rings. The molecule has 768 valence electrons. The summed E-state index contributed by atoms with van der Waals surface area (Å²) in [5.41, 5.74) is 16.6. The first-order valence-electron chi connectivity index (χ1n) is 50.6. The van der Waals surface area contributed by atoms with Crippen molar-refractivity contribution in [1.82, 2.24) is 64.0 Å². The fourth-order valence-electron chi connectivity index (χ4n) is 21.9. The smallest absolute Gasteiger partial charge is 0.416 e. The van der Waals surface area contributed by atoms with Gasteiger partial charge in [0.25, 0.3) is 0 Å². The number of hydrogen-bond donors (Lipinski definition) is 5. The zero-order chi connectivity index (χ0) is 102. The normalized spacial score (nSPS) is 20.0. The van der Waals surface area contributed by atoms with Crippen molar-refractivity contribution in [3.63, 3.8) is 0 Å². The summed E-state index contributed by atoms with van der Waals surface area (Å²) in [4.78, 5) is 85.1. The number of likely N-dealkylation sites (N-methyl/N-ethyl adjacent to an activating group) is 1. The average molecular weight is 2080 g/mol. The molecule has 146 heavy (non-hydrogen) atoms. The third kappa shape index (κ3) is 25.1. The number of nitrogens with one attached hydrogen (secondary N) is 4. The fraction of sp³-hybridized carbons (Fsp3) is 0.404. The summed E-state index contributed by atoms with van der Waals surface area (Å²) in [6.07, 6.45) is 13.3. The highest BCUT2D eigenvalue weighted by atomic mass is 35.5. The number of likely N-dealkylation sites (tertiary alicyclic amines) is 3. The number of amides is 4. The van der Waals surface area contributed by atoms with Gasteiger partial charge in [-0.15, -0.1) is 6.42 Å². The Morgan fingerprint density at radius 2 is 0.699 bits per heavy atom. The number of nitrogens with zero attached hydrogens (tertiary/aromatic N) is 9. The highest BCUT2D eigenvalue weighted by molar-refractivity contribution is 6.32. The number of benzene rings is 9. The number of carbonyl (C=O) groups excluding carboxylic acids is 4. The molecule has 9 aromatic carbocycles. The number of aromatic amines is 4. The molecule has 5 N–H and O–H groups in total. The molecule has 32 heteroatoms. The number of aromatic nitrogens is 4. The van der Waals surface area contributed by atoms with Gasteiger partial charge in [-0.1, -0.05) is 112 Å². The van der Waals surface area contributed by atoms with Crippen molar-refractivity contribution in [2.45, 2.75) is 94.5 Å². The van der Waals surface area contributed by atoms with Crippen LogP contribution in [0.4, 0.5) is 19.2 Å². The molecule has 8 unspecified atom stereocenters. The number of fused-ring (bicyclic) bond motifs is 12. The molecule has 4 fully saturated rings.